The van der Waals surface area contributed by atoms with Crippen molar-refractivity contribution in [1.82, 2.24) is 0 Å². The first-order valence-corrected chi connectivity index (χ1v) is 6.27. The second-order valence-corrected chi connectivity index (χ2v) is 4.86. The molecule has 1 nitrogen and oxygen atoms in total. The van der Waals surface area contributed by atoms with Gasteiger partial charge in [0.05, 0.1) is 11.6 Å². The number of alkyl halides is 1. The molecule has 0 atom stereocenters. The van der Waals surface area contributed by atoms with E-state index in [1.807, 2.05) is 0 Å². The molecule has 0 saturated heterocycles. The summed E-state index contributed by atoms with van der Waals surface area (Å²) in [7, 11) is 1.68. The van der Waals surface area contributed by atoms with Gasteiger partial charge in [0.15, 0.2) is 0 Å². The predicted molar refractivity (Wildman–Crippen MR) is 65.6 cm³/mol. The van der Waals surface area contributed by atoms with Crippen LogP contribution in [0.5, 0.6) is 5.75 Å². The van der Waals surface area contributed by atoms with E-state index in [2.05, 4.69) is 33.4 Å². The Labute approximate surface area is 99.8 Å². The van der Waals surface area contributed by atoms with E-state index in [4.69, 9.17) is 16.3 Å². The average Bonchev–Trinajstić information content (AvgIpc) is 2.64. The Morgan fingerprint density at radius 1 is 1.57 bits per heavy atom. The van der Waals surface area contributed by atoms with Crippen LogP contribution in [0.4, 0.5) is 0 Å². The lowest BCUT2D eigenvalue weighted by Gasteiger charge is -2.08. The van der Waals surface area contributed by atoms with E-state index in [-0.39, 0.29) is 0 Å². The molecule has 0 radical (unpaired) electrons. The van der Waals surface area contributed by atoms with Crippen LogP contribution in [-0.4, -0.2) is 7.11 Å². The Bertz CT molecular complexity index is 466. The molecule has 0 unspecified atom stereocenters. The predicted octanol–water partition coefficient (Wildman–Crippen LogP) is 4.41. The van der Waals surface area contributed by atoms with Gasteiger partial charge in [0.2, 0.25) is 0 Å². The Kier molecular flexibility index (Phi) is 3.00. The van der Waals surface area contributed by atoms with Crippen molar-refractivity contribution in [2.45, 2.75) is 5.88 Å². The van der Waals surface area contributed by atoms with E-state index >= 15 is 0 Å². The fourth-order valence-electron chi connectivity index (χ4n) is 1.40. The minimum atomic E-state index is 0.491. The number of hydrogen-bond acceptors (Lipinski definition) is 2. The SMILES string of the molecule is COc1c(Br)c(CCl)cc2sccc12. The monoisotopic (exact) mass is 290 g/mol. The summed E-state index contributed by atoms with van der Waals surface area (Å²) in [6, 6.07) is 4.15. The van der Waals surface area contributed by atoms with Gasteiger partial charge in [-0.25, -0.2) is 0 Å². The van der Waals surface area contributed by atoms with Gasteiger partial charge in [0.1, 0.15) is 5.75 Å². The highest BCUT2D eigenvalue weighted by atomic mass is 79.9. The van der Waals surface area contributed by atoms with Crippen LogP contribution in [0.1, 0.15) is 5.56 Å². The molecule has 2 aromatic rings. The molecule has 0 aliphatic rings. The van der Waals surface area contributed by atoms with Gasteiger partial charge < -0.3 is 4.74 Å². The zero-order valence-electron chi connectivity index (χ0n) is 7.51. The fraction of sp³-hybridized carbons (Fsp3) is 0.200. The van der Waals surface area contributed by atoms with E-state index in [0.29, 0.717) is 5.88 Å². The third-order valence-electron chi connectivity index (χ3n) is 2.07. The molecule has 4 heteroatoms. The first-order valence-electron chi connectivity index (χ1n) is 4.06. The maximum absolute atomic E-state index is 5.85. The molecule has 0 aliphatic carbocycles. The molecule has 14 heavy (non-hydrogen) atoms. The molecule has 0 saturated carbocycles. The summed E-state index contributed by atoms with van der Waals surface area (Å²) in [5.74, 6) is 1.37. The fourth-order valence-corrected chi connectivity index (χ4v) is 3.25. The second-order valence-electron chi connectivity index (χ2n) is 2.85. The first-order chi connectivity index (χ1) is 6.77. The van der Waals surface area contributed by atoms with Crippen molar-refractivity contribution in [1.29, 1.82) is 0 Å². The van der Waals surface area contributed by atoms with Gasteiger partial charge in [0, 0.05) is 16.0 Å². The summed E-state index contributed by atoms with van der Waals surface area (Å²) in [5.41, 5.74) is 1.07. The van der Waals surface area contributed by atoms with Crippen LogP contribution in [-0.2, 0) is 5.88 Å². The van der Waals surface area contributed by atoms with Gasteiger partial charge in [-0.05, 0) is 39.0 Å². The molecular weight excluding hydrogens is 284 g/mol. The molecule has 1 aromatic carbocycles. The highest BCUT2D eigenvalue weighted by Crippen LogP contribution is 2.39. The number of fused-ring (bicyclic) bond motifs is 1. The quantitative estimate of drug-likeness (QED) is 0.745. The van der Waals surface area contributed by atoms with Crippen molar-refractivity contribution in [2.75, 3.05) is 7.11 Å². The van der Waals surface area contributed by atoms with Gasteiger partial charge in [0.25, 0.3) is 0 Å². The number of hydrogen-bond donors (Lipinski definition) is 0. The lowest BCUT2D eigenvalue weighted by Crippen LogP contribution is -1.89. The third-order valence-corrected chi connectivity index (χ3v) is 4.10. The van der Waals surface area contributed by atoms with Gasteiger partial charge in [-0.1, -0.05) is 0 Å². The number of halogens is 2. The summed E-state index contributed by atoms with van der Waals surface area (Å²) in [4.78, 5) is 0. The van der Waals surface area contributed by atoms with Gasteiger partial charge in [-0.2, -0.15) is 0 Å². The number of thiophene rings is 1. The highest BCUT2D eigenvalue weighted by molar-refractivity contribution is 9.10. The Morgan fingerprint density at radius 2 is 2.36 bits per heavy atom. The van der Waals surface area contributed by atoms with Crippen molar-refractivity contribution in [3.05, 3.63) is 27.5 Å². The van der Waals surface area contributed by atoms with Crippen molar-refractivity contribution < 1.29 is 4.74 Å². The smallest absolute Gasteiger partial charge is 0.142 e. The molecular formula is C10H8BrClOS. The summed E-state index contributed by atoms with van der Waals surface area (Å²) in [6.07, 6.45) is 0. The van der Waals surface area contributed by atoms with Crippen molar-refractivity contribution in [3.63, 3.8) is 0 Å². The number of benzene rings is 1. The van der Waals surface area contributed by atoms with Crippen molar-refractivity contribution in [2.24, 2.45) is 0 Å². The molecule has 74 valence electrons. The maximum Gasteiger partial charge on any atom is 0.142 e. The summed E-state index contributed by atoms with van der Waals surface area (Å²) >= 11 is 11.0. The maximum atomic E-state index is 5.85. The van der Waals surface area contributed by atoms with Gasteiger partial charge in [-0.3, -0.25) is 0 Å². The molecule has 1 heterocycles. The van der Waals surface area contributed by atoms with Crippen LogP contribution in [0, 0.1) is 0 Å². The molecule has 1 aromatic heterocycles. The molecule has 0 bridgehead atoms. The van der Waals surface area contributed by atoms with Crippen LogP contribution in [0.15, 0.2) is 22.0 Å². The van der Waals surface area contributed by atoms with E-state index in [0.717, 1.165) is 21.2 Å². The lowest BCUT2D eigenvalue weighted by atomic mass is 10.2. The topological polar surface area (TPSA) is 9.23 Å². The van der Waals surface area contributed by atoms with Gasteiger partial charge >= 0.3 is 0 Å². The standard InChI is InChI=1S/C10H8BrClOS/c1-13-10-7-2-3-14-8(7)4-6(5-12)9(10)11/h2-4H,5H2,1H3. The zero-order chi connectivity index (χ0) is 10.1. The summed E-state index contributed by atoms with van der Waals surface area (Å²) in [6.45, 7) is 0. The lowest BCUT2D eigenvalue weighted by molar-refractivity contribution is 0.417. The van der Waals surface area contributed by atoms with Crippen LogP contribution < -0.4 is 4.74 Å². The third kappa shape index (κ3) is 1.53. The summed E-state index contributed by atoms with van der Waals surface area (Å²) in [5, 5.41) is 3.19. The molecule has 0 fully saturated rings. The molecule has 0 amide bonds. The number of methoxy groups -OCH3 is 1. The van der Waals surface area contributed by atoms with E-state index in [1.165, 1.54) is 4.70 Å². The molecule has 2 rings (SSSR count). The molecule has 0 N–H and O–H groups in total. The molecule has 0 aliphatic heterocycles. The largest absolute Gasteiger partial charge is 0.495 e. The van der Waals surface area contributed by atoms with E-state index in [9.17, 15) is 0 Å². The first kappa shape index (κ1) is 10.3. The van der Waals surface area contributed by atoms with E-state index < -0.39 is 0 Å². The zero-order valence-corrected chi connectivity index (χ0v) is 10.7. The number of ether oxygens (including phenoxy) is 1. The van der Waals surface area contributed by atoms with Crippen LogP contribution >= 0.6 is 38.9 Å². The number of rotatable bonds is 2. The van der Waals surface area contributed by atoms with Gasteiger partial charge in [-0.15, -0.1) is 22.9 Å². The van der Waals surface area contributed by atoms with Crippen LogP contribution in [0.2, 0.25) is 0 Å². The van der Waals surface area contributed by atoms with E-state index in [1.54, 1.807) is 18.4 Å². The van der Waals surface area contributed by atoms with Crippen molar-refractivity contribution >= 4 is 49.0 Å². The minimum absolute atomic E-state index is 0.491. The Morgan fingerprint density at radius 3 is 3.00 bits per heavy atom. The Balaban J connectivity index is 2.80. The minimum Gasteiger partial charge on any atom is -0.495 e. The van der Waals surface area contributed by atoms with Crippen LogP contribution in [0.3, 0.4) is 0 Å². The van der Waals surface area contributed by atoms with Crippen LogP contribution in [0.25, 0.3) is 10.1 Å². The average molecular weight is 292 g/mol. The van der Waals surface area contributed by atoms with Crippen molar-refractivity contribution in [3.8, 4) is 5.75 Å². The summed E-state index contributed by atoms with van der Waals surface area (Å²) < 4.78 is 7.53. The normalized spacial score (nSPS) is 10.8. The Hall–Kier alpha value is -0.250. The highest BCUT2D eigenvalue weighted by Gasteiger charge is 2.11. The molecule has 0 spiro atoms. The second kappa shape index (κ2) is 4.09.